The molecule has 0 aromatic rings. The third-order valence-corrected chi connectivity index (χ3v) is 2.58. The maximum absolute atomic E-state index is 11.0. The molecule has 0 aromatic carbocycles. The monoisotopic (exact) mass is 140 g/mol. The summed E-state index contributed by atoms with van der Waals surface area (Å²) in [5.41, 5.74) is 0. The lowest BCUT2D eigenvalue weighted by molar-refractivity contribution is -0.158. The summed E-state index contributed by atoms with van der Waals surface area (Å²) in [5, 5.41) is 0. The molecule has 2 bridgehead atoms. The Bertz CT molecular complexity index is 153. The van der Waals surface area contributed by atoms with Gasteiger partial charge in [0.1, 0.15) is 0 Å². The molecule has 1 aliphatic carbocycles. The van der Waals surface area contributed by atoms with E-state index >= 15 is 0 Å². The van der Waals surface area contributed by atoms with E-state index < -0.39 is 0 Å². The van der Waals surface area contributed by atoms with Crippen molar-refractivity contribution in [1.29, 1.82) is 0 Å². The first-order valence-electron chi connectivity index (χ1n) is 4.03. The second kappa shape index (κ2) is 2.26. The number of fused-ring (bicyclic) bond motifs is 2. The van der Waals surface area contributed by atoms with Gasteiger partial charge in [-0.1, -0.05) is 6.42 Å². The van der Waals surface area contributed by atoms with Crippen LogP contribution in [0.4, 0.5) is 0 Å². The Kier molecular flexibility index (Phi) is 1.40. The highest BCUT2D eigenvalue weighted by Gasteiger charge is 2.33. The molecule has 2 unspecified atom stereocenters. The van der Waals surface area contributed by atoms with E-state index in [0.717, 1.165) is 12.8 Å². The molecule has 2 rings (SSSR count). The highest BCUT2D eigenvalue weighted by molar-refractivity contribution is 5.73. The number of hydrogen-bond acceptors (Lipinski definition) is 2. The standard InChI is InChI=1S/C8H12O2/c9-8-7-3-1-2-6(4-7)5-10-8/h6-7H,1-5H2. The molecule has 1 heterocycles. The van der Waals surface area contributed by atoms with Crippen LogP contribution in [0.2, 0.25) is 0 Å². The first kappa shape index (κ1) is 6.20. The molecule has 0 amide bonds. The van der Waals surface area contributed by atoms with Gasteiger partial charge in [0.05, 0.1) is 12.5 Å². The molecule has 2 nitrogen and oxygen atoms in total. The number of carbonyl (C=O) groups is 1. The zero-order chi connectivity index (χ0) is 6.97. The van der Waals surface area contributed by atoms with E-state index in [9.17, 15) is 4.79 Å². The number of ether oxygens (including phenoxy) is 1. The van der Waals surface area contributed by atoms with Crippen LogP contribution in [0.15, 0.2) is 0 Å². The van der Waals surface area contributed by atoms with Gasteiger partial charge in [-0.25, -0.2) is 0 Å². The van der Waals surface area contributed by atoms with Crippen molar-refractivity contribution in [2.45, 2.75) is 25.7 Å². The Morgan fingerprint density at radius 1 is 1.40 bits per heavy atom. The summed E-state index contributed by atoms with van der Waals surface area (Å²) in [5.74, 6) is 1.000. The quantitative estimate of drug-likeness (QED) is 0.475. The molecule has 1 saturated heterocycles. The van der Waals surface area contributed by atoms with Crippen molar-refractivity contribution in [3.63, 3.8) is 0 Å². The molecule has 2 aliphatic rings. The zero-order valence-corrected chi connectivity index (χ0v) is 6.01. The number of esters is 1. The van der Waals surface area contributed by atoms with Crippen molar-refractivity contribution in [2.75, 3.05) is 6.61 Å². The minimum Gasteiger partial charge on any atom is -0.465 e. The Morgan fingerprint density at radius 3 is 3.10 bits per heavy atom. The lowest BCUT2D eigenvalue weighted by atomic mass is 9.80. The minimum absolute atomic E-state index is 0.0518. The fourth-order valence-electron chi connectivity index (χ4n) is 1.97. The maximum Gasteiger partial charge on any atom is 0.308 e. The average molecular weight is 140 g/mol. The number of carbonyl (C=O) groups excluding carboxylic acids is 1. The van der Waals surface area contributed by atoms with E-state index in [1.165, 1.54) is 12.8 Å². The largest absolute Gasteiger partial charge is 0.465 e. The van der Waals surface area contributed by atoms with Crippen LogP contribution >= 0.6 is 0 Å². The van der Waals surface area contributed by atoms with E-state index in [1.54, 1.807) is 0 Å². The molecule has 0 N–H and O–H groups in total. The van der Waals surface area contributed by atoms with Crippen LogP contribution in [-0.4, -0.2) is 12.6 Å². The van der Waals surface area contributed by atoms with E-state index in [-0.39, 0.29) is 11.9 Å². The SMILES string of the molecule is O=C1OCC2CCCC1C2. The molecule has 10 heavy (non-hydrogen) atoms. The number of hydrogen-bond donors (Lipinski definition) is 0. The predicted molar refractivity (Wildman–Crippen MR) is 36.4 cm³/mol. The van der Waals surface area contributed by atoms with Crippen LogP contribution in [0, 0.1) is 11.8 Å². The van der Waals surface area contributed by atoms with Gasteiger partial charge in [0.2, 0.25) is 0 Å². The molecule has 2 fully saturated rings. The summed E-state index contributed by atoms with van der Waals surface area (Å²) in [4.78, 5) is 11.0. The van der Waals surface area contributed by atoms with E-state index in [1.807, 2.05) is 0 Å². The Balaban J connectivity index is 2.07. The lowest BCUT2D eigenvalue weighted by Crippen LogP contribution is -2.33. The smallest absolute Gasteiger partial charge is 0.308 e. The molecule has 0 radical (unpaired) electrons. The normalized spacial score (nSPS) is 39.0. The third kappa shape index (κ3) is 0.917. The van der Waals surface area contributed by atoms with Gasteiger partial charge in [0.25, 0.3) is 0 Å². The van der Waals surface area contributed by atoms with Crippen molar-refractivity contribution in [3.05, 3.63) is 0 Å². The van der Waals surface area contributed by atoms with Gasteiger partial charge in [-0.05, 0) is 25.2 Å². The van der Waals surface area contributed by atoms with Crippen molar-refractivity contribution in [2.24, 2.45) is 11.8 Å². The van der Waals surface area contributed by atoms with Crippen LogP contribution in [0.5, 0.6) is 0 Å². The molecule has 1 saturated carbocycles. The van der Waals surface area contributed by atoms with Crippen LogP contribution in [0.25, 0.3) is 0 Å². The van der Waals surface area contributed by atoms with Crippen LogP contribution in [-0.2, 0) is 9.53 Å². The summed E-state index contributed by atoms with van der Waals surface area (Å²) in [6, 6.07) is 0. The molecule has 2 atom stereocenters. The average Bonchev–Trinajstić information content (AvgIpc) is 1.99. The number of cyclic esters (lactones) is 1. The fourth-order valence-corrected chi connectivity index (χ4v) is 1.97. The van der Waals surface area contributed by atoms with Crippen molar-refractivity contribution >= 4 is 5.97 Å². The first-order chi connectivity index (χ1) is 4.86. The van der Waals surface area contributed by atoms with Gasteiger partial charge in [0, 0.05) is 0 Å². The van der Waals surface area contributed by atoms with Crippen LogP contribution in [0.3, 0.4) is 0 Å². The highest BCUT2D eigenvalue weighted by Crippen LogP contribution is 2.33. The van der Waals surface area contributed by atoms with Crippen molar-refractivity contribution in [1.82, 2.24) is 0 Å². The Labute approximate surface area is 60.6 Å². The molecule has 0 spiro atoms. The Morgan fingerprint density at radius 2 is 2.30 bits per heavy atom. The second-order valence-corrected chi connectivity index (χ2v) is 3.36. The molecule has 0 aromatic heterocycles. The van der Waals surface area contributed by atoms with Gasteiger partial charge >= 0.3 is 5.97 Å². The maximum atomic E-state index is 11.0. The minimum atomic E-state index is 0.0518. The van der Waals surface area contributed by atoms with E-state index in [4.69, 9.17) is 4.74 Å². The summed E-state index contributed by atoms with van der Waals surface area (Å²) in [6.45, 7) is 0.690. The topological polar surface area (TPSA) is 26.3 Å². The van der Waals surface area contributed by atoms with Crippen molar-refractivity contribution in [3.8, 4) is 0 Å². The van der Waals surface area contributed by atoms with Crippen molar-refractivity contribution < 1.29 is 9.53 Å². The second-order valence-electron chi connectivity index (χ2n) is 3.36. The lowest BCUT2D eigenvalue weighted by Gasteiger charge is -2.32. The molecular formula is C8H12O2. The van der Waals surface area contributed by atoms with Crippen LogP contribution in [0.1, 0.15) is 25.7 Å². The first-order valence-corrected chi connectivity index (χ1v) is 4.03. The summed E-state index contributed by atoms with van der Waals surface area (Å²) in [7, 11) is 0. The summed E-state index contributed by atoms with van der Waals surface area (Å²) in [6.07, 6.45) is 4.66. The highest BCUT2D eigenvalue weighted by atomic mass is 16.5. The number of rotatable bonds is 0. The molecule has 1 aliphatic heterocycles. The predicted octanol–water partition coefficient (Wildman–Crippen LogP) is 1.35. The summed E-state index contributed by atoms with van der Waals surface area (Å²) < 4.78 is 5.01. The zero-order valence-electron chi connectivity index (χ0n) is 6.01. The van der Waals surface area contributed by atoms with E-state index in [2.05, 4.69) is 0 Å². The summed E-state index contributed by atoms with van der Waals surface area (Å²) >= 11 is 0. The van der Waals surface area contributed by atoms with Gasteiger partial charge in [-0.3, -0.25) is 4.79 Å². The van der Waals surface area contributed by atoms with Gasteiger partial charge in [0.15, 0.2) is 0 Å². The van der Waals surface area contributed by atoms with Crippen LogP contribution < -0.4 is 0 Å². The third-order valence-electron chi connectivity index (χ3n) is 2.58. The van der Waals surface area contributed by atoms with Gasteiger partial charge in [-0.2, -0.15) is 0 Å². The molecule has 56 valence electrons. The fraction of sp³-hybridized carbons (Fsp3) is 0.875. The molecule has 2 heteroatoms. The Hall–Kier alpha value is -0.530. The van der Waals surface area contributed by atoms with Gasteiger partial charge in [-0.15, -0.1) is 0 Å². The van der Waals surface area contributed by atoms with Gasteiger partial charge < -0.3 is 4.74 Å². The van der Waals surface area contributed by atoms with E-state index in [0.29, 0.717) is 12.5 Å². The molecular weight excluding hydrogens is 128 g/mol.